The molecule has 1 aromatic carbocycles. The Morgan fingerprint density at radius 2 is 2.15 bits per heavy atom. The summed E-state index contributed by atoms with van der Waals surface area (Å²) in [5, 5.41) is 27.6. The number of phenols is 1. The molecule has 3 N–H and O–H groups in total. The second-order valence-electron chi connectivity index (χ2n) is 6.13. The van der Waals surface area contributed by atoms with Crippen LogP contribution in [0.25, 0.3) is 0 Å². The number of rotatable bonds is 4. The van der Waals surface area contributed by atoms with Gasteiger partial charge < -0.3 is 19.5 Å². The van der Waals surface area contributed by atoms with Crippen molar-refractivity contribution in [1.29, 1.82) is 5.41 Å². The molecule has 0 fully saturated rings. The van der Waals surface area contributed by atoms with Gasteiger partial charge in [0.25, 0.3) is 0 Å². The van der Waals surface area contributed by atoms with Gasteiger partial charge in [0.05, 0.1) is 5.56 Å². The number of hydrogen-bond acceptors (Lipinski definition) is 6. The molecule has 3 aromatic rings. The van der Waals surface area contributed by atoms with Gasteiger partial charge in [0.15, 0.2) is 0 Å². The van der Waals surface area contributed by atoms with Gasteiger partial charge in [0.1, 0.15) is 23.3 Å². The first-order chi connectivity index (χ1) is 12.7. The maximum Gasteiger partial charge on any atom is 0.228 e. The predicted octanol–water partition coefficient (Wildman–Crippen LogP) is 2.13. The number of phenolic OH excluding ortho intramolecular Hbond substituents is 1. The standard InChI is InChI=1S/C19H18N4O3/c20-18-17-16(12-3-1-6-21-10-12)14-5-4-13(25)9-15(14)26-19(17)22-11-23(18)7-2-8-24/h1,3-6,9-11,16,20,24-25H,2,7-8H2. The lowest BCUT2D eigenvalue weighted by atomic mass is 9.84. The lowest BCUT2D eigenvalue weighted by molar-refractivity contribution is 0.278. The van der Waals surface area contributed by atoms with E-state index in [0.717, 1.165) is 11.1 Å². The van der Waals surface area contributed by atoms with Crippen molar-refractivity contribution in [3.8, 4) is 17.4 Å². The second-order valence-corrected chi connectivity index (χ2v) is 6.13. The molecule has 0 saturated carbocycles. The monoisotopic (exact) mass is 350 g/mol. The molecule has 1 atom stereocenters. The third-order valence-corrected chi connectivity index (χ3v) is 4.47. The molecule has 0 spiro atoms. The van der Waals surface area contributed by atoms with Crippen LogP contribution in [-0.2, 0) is 6.54 Å². The Hall–Kier alpha value is -3.19. The summed E-state index contributed by atoms with van der Waals surface area (Å²) in [4.78, 5) is 8.59. The molecule has 7 heteroatoms. The number of aryl methyl sites for hydroxylation is 1. The first-order valence-corrected chi connectivity index (χ1v) is 8.34. The summed E-state index contributed by atoms with van der Waals surface area (Å²) in [5.74, 6) is 0.704. The van der Waals surface area contributed by atoms with Gasteiger partial charge in [0, 0.05) is 43.1 Å². The van der Waals surface area contributed by atoms with E-state index in [1.165, 1.54) is 0 Å². The summed E-state index contributed by atoms with van der Waals surface area (Å²) in [7, 11) is 0. The van der Waals surface area contributed by atoms with E-state index in [0.29, 0.717) is 30.2 Å². The highest BCUT2D eigenvalue weighted by atomic mass is 16.5. The van der Waals surface area contributed by atoms with E-state index in [-0.39, 0.29) is 23.8 Å². The average Bonchev–Trinajstić information content (AvgIpc) is 2.66. The van der Waals surface area contributed by atoms with Crippen molar-refractivity contribution in [3.05, 3.63) is 71.2 Å². The number of aliphatic hydroxyl groups is 1. The van der Waals surface area contributed by atoms with E-state index in [4.69, 9.17) is 15.3 Å². The quantitative estimate of drug-likeness (QED) is 0.523. The van der Waals surface area contributed by atoms with E-state index >= 15 is 0 Å². The van der Waals surface area contributed by atoms with E-state index in [9.17, 15) is 5.11 Å². The normalized spacial score (nSPS) is 15.0. The molecule has 1 unspecified atom stereocenters. The van der Waals surface area contributed by atoms with Gasteiger partial charge in [-0.05, 0) is 24.1 Å². The molecular formula is C19H18N4O3. The maximum atomic E-state index is 9.81. The molecule has 0 amide bonds. The Morgan fingerprint density at radius 1 is 1.27 bits per heavy atom. The van der Waals surface area contributed by atoms with Crippen LogP contribution in [0.15, 0.2) is 49.1 Å². The first kappa shape index (κ1) is 16.3. The summed E-state index contributed by atoms with van der Waals surface area (Å²) in [6.45, 7) is 0.548. The minimum absolute atomic E-state index is 0.0498. The zero-order valence-electron chi connectivity index (χ0n) is 14.0. The summed E-state index contributed by atoms with van der Waals surface area (Å²) in [5.41, 5.74) is 2.70. The molecule has 1 aliphatic rings. The third kappa shape index (κ3) is 2.72. The van der Waals surface area contributed by atoms with E-state index in [1.807, 2.05) is 12.1 Å². The van der Waals surface area contributed by atoms with Crippen LogP contribution in [0.1, 0.15) is 29.0 Å². The number of aromatic nitrogens is 3. The fraction of sp³-hybridized carbons (Fsp3) is 0.211. The van der Waals surface area contributed by atoms with Crippen molar-refractivity contribution in [2.75, 3.05) is 6.61 Å². The van der Waals surface area contributed by atoms with Gasteiger partial charge in [-0.3, -0.25) is 10.4 Å². The Kier molecular flexibility index (Phi) is 4.14. The predicted molar refractivity (Wildman–Crippen MR) is 93.1 cm³/mol. The van der Waals surface area contributed by atoms with Gasteiger partial charge in [0.2, 0.25) is 5.88 Å². The van der Waals surface area contributed by atoms with Crippen LogP contribution in [0.2, 0.25) is 0 Å². The van der Waals surface area contributed by atoms with Crippen molar-refractivity contribution in [2.45, 2.75) is 18.9 Å². The highest BCUT2D eigenvalue weighted by molar-refractivity contribution is 5.56. The van der Waals surface area contributed by atoms with Crippen molar-refractivity contribution >= 4 is 0 Å². The van der Waals surface area contributed by atoms with Crippen LogP contribution in [-0.4, -0.2) is 31.4 Å². The average molecular weight is 350 g/mol. The zero-order valence-corrected chi connectivity index (χ0v) is 14.0. The lowest BCUT2D eigenvalue weighted by Gasteiger charge is -2.28. The number of nitrogens with zero attached hydrogens (tertiary/aromatic N) is 3. The van der Waals surface area contributed by atoms with Gasteiger partial charge in [-0.15, -0.1) is 0 Å². The molecule has 2 aromatic heterocycles. The summed E-state index contributed by atoms with van der Waals surface area (Å²) >= 11 is 0. The molecule has 1 aliphatic heterocycles. The molecule has 0 radical (unpaired) electrons. The SMILES string of the molecule is N=c1c2c(ncn1CCCO)Oc1cc(O)ccc1C2c1cccnc1. The zero-order chi connectivity index (χ0) is 18.1. The number of ether oxygens (including phenoxy) is 1. The molecular weight excluding hydrogens is 332 g/mol. The van der Waals surface area contributed by atoms with Gasteiger partial charge in [-0.25, -0.2) is 4.98 Å². The number of fused-ring (bicyclic) bond motifs is 2. The lowest BCUT2D eigenvalue weighted by Crippen LogP contribution is -2.30. The van der Waals surface area contributed by atoms with Crippen LogP contribution in [0, 0.1) is 5.41 Å². The van der Waals surface area contributed by atoms with E-state index < -0.39 is 0 Å². The third-order valence-electron chi connectivity index (χ3n) is 4.47. The van der Waals surface area contributed by atoms with Crippen molar-refractivity contribution in [2.24, 2.45) is 0 Å². The van der Waals surface area contributed by atoms with Crippen molar-refractivity contribution in [3.63, 3.8) is 0 Å². The Bertz CT molecular complexity index is 1000. The molecule has 132 valence electrons. The minimum atomic E-state index is -0.273. The van der Waals surface area contributed by atoms with Crippen LogP contribution in [0.4, 0.5) is 0 Å². The van der Waals surface area contributed by atoms with Gasteiger partial charge in [-0.1, -0.05) is 12.1 Å². The summed E-state index contributed by atoms with van der Waals surface area (Å²) < 4.78 is 7.58. The molecule has 0 saturated heterocycles. The van der Waals surface area contributed by atoms with E-state index in [1.54, 1.807) is 41.5 Å². The Morgan fingerprint density at radius 3 is 2.92 bits per heavy atom. The molecule has 0 aliphatic carbocycles. The number of benzene rings is 1. The Balaban J connectivity index is 1.94. The van der Waals surface area contributed by atoms with Gasteiger partial charge in [-0.2, -0.15) is 0 Å². The van der Waals surface area contributed by atoms with Crippen LogP contribution in [0.5, 0.6) is 17.4 Å². The second kappa shape index (κ2) is 6.61. The highest BCUT2D eigenvalue weighted by Gasteiger charge is 2.32. The fourth-order valence-corrected chi connectivity index (χ4v) is 3.26. The molecule has 4 rings (SSSR count). The highest BCUT2D eigenvalue weighted by Crippen LogP contribution is 2.45. The minimum Gasteiger partial charge on any atom is -0.508 e. The number of hydrogen-bond donors (Lipinski definition) is 3. The van der Waals surface area contributed by atoms with Crippen molar-refractivity contribution in [1.82, 2.24) is 14.5 Å². The molecule has 7 nitrogen and oxygen atoms in total. The Labute approximate surface area is 149 Å². The summed E-state index contributed by atoms with van der Waals surface area (Å²) in [6, 6.07) is 8.77. The van der Waals surface area contributed by atoms with Crippen LogP contribution < -0.4 is 10.2 Å². The fourth-order valence-electron chi connectivity index (χ4n) is 3.26. The first-order valence-electron chi connectivity index (χ1n) is 8.34. The maximum absolute atomic E-state index is 9.81. The van der Waals surface area contributed by atoms with Crippen molar-refractivity contribution < 1.29 is 14.9 Å². The van der Waals surface area contributed by atoms with E-state index in [2.05, 4.69) is 9.97 Å². The number of aromatic hydroxyl groups is 1. The summed E-state index contributed by atoms with van der Waals surface area (Å²) in [6.07, 6.45) is 5.56. The smallest absolute Gasteiger partial charge is 0.228 e. The largest absolute Gasteiger partial charge is 0.508 e. The van der Waals surface area contributed by atoms with Gasteiger partial charge >= 0.3 is 0 Å². The number of pyridine rings is 1. The van der Waals surface area contributed by atoms with Crippen LogP contribution >= 0.6 is 0 Å². The molecule has 3 heterocycles. The number of aliphatic hydroxyl groups excluding tert-OH is 1. The topological polar surface area (TPSA) is 104 Å². The number of nitrogens with one attached hydrogen (secondary N) is 1. The molecule has 0 bridgehead atoms. The molecule has 26 heavy (non-hydrogen) atoms. The van der Waals surface area contributed by atoms with Crippen LogP contribution in [0.3, 0.4) is 0 Å².